The fourth-order valence-electron chi connectivity index (χ4n) is 2.40. The molecule has 1 amide bonds. The summed E-state index contributed by atoms with van der Waals surface area (Å²) < 4.78 is 10.5. The number of hydrogen-bond acceptors (Lipinski definition) is 4. The van der Waals surface area contributed by atoms with Crippen LogP contribution in [0.5, 0.6) is 11.5 Å². The van der Waals surface area contributed by atoms with Crippen molar-refractivity contribution in [3.05, 3.63) is 59.7 Å². The summed E-state index contributed by atoms with van der Waals surface area (Å²) in [5.41, 5.74) is 1.49. The van der Waals surface area contributed by atoms with E-state index >= 15 is 0 Å². The molecule has 0 bridgehead atoms. The number of rotatable bonds is 6. The van der Waals surface area contributed by atoms with Gasteiger partial charge in [0.05, 0.1) is 26.2 Å². The quantitative estimate of drug-likeness (QED) is 0.886. The highest BCUT2D eigenvalue weighted by molar-refractivity contribution is 5.84. The zero-order valence-corrected chi connectivity index (χ0v) is 13.9. The second-order valence-corrected chi connectivity index (χ2v) is 5.31. The fourth-order valence-corrected chi connectivity index (χ4v) is 2.40. The first-order valence-corrected chi connectivity index (χ1v) is 7.57. The van der Waals surface area contributed by atoms with Crippen molar-refractivity contribution < 1.29 is 14.3 Å². The molecule has 0 fully saturated rings. The predicted molar refractivity (Wildman–Crippen MR) is 90.9 cm³/mol. The van der Waals surface area contributed by atoms with Gasteiger partial charge in [-0.05, 0) is 24.6 Å². The number of ether oxygens (including phenoxy) is 2. The van der Waals surface area contributed by atoms with Gasteiger partial charge in [0.1, 0.15) is 17.5 Å². The number of amides is 1. The molecule has 5 heteroatoms. The van der Waals surface area contributed by atoms with Gasteiger partial charge in [0.15, 0.2) is 0 Å². The average Bonchev–Trinajstić information content (AvgIpc) is 2.65. The summed E-state index contributed by atoms with van der Waals surface area (Å²) >= 11 is 0. The van der Waals surface area contributed by atoms with E-state index in [1.807, 2.05) is 37.3 Å². The van der Waals surface area contributed by atoms with Crippen LogP contribution in [0.1, 0.15) is 30.0 Å². The summed E-state index contributed by atoms with van der Waals surface area (Å²) in [6.45, 7) is 1.81. The summed E-state index contributed by atoms with van der Waals surface area (Å²) in [4.78, 5) is 12.5. The SMILES string of the molecule is COc1ccc([C@H](C#N)NC(=O)[C@@H](C)c2ccccc2)c(OC)c1. The molecule has 2 atom stereocenters. The molecule has 0 aliphatic heterocycles. The van der Waals surface area contributed by atoms with E-state index in [-0.39, 0.29) is 11.8 Å². The third-order valence-corrected chi connectivity index (χ3v) is 3.86. The van der Waals surface area contributed by atoms with E-state index < -0.39 is 6.04 Å². The number of methoxy groups -OCH3 is 2. The third-order valence-electron chi connectivity index (χ3n) is 3.86. The molecule has 0 aliphatic rings. The van der Waals surface area contributed by atoms with Crippen molar-refractivity contribution in [2.75, 3.05) is 14.2 Å². The number of benzene rings is 2. The van der Waals surface area contributed by atoms with Gasteiger partial charge in [-0.2, -0.15) is 5.26 Å². The molecule has 24 heavy (non-hydrogen) atoms. The maximum absolute atomic E-state index is 12.5. The van der Waals surface area contributed by atoms with Gasteiger partial charge in [-0.15, -0.1) is 0 Å². The minimum atomic E-state index is -0.801. The van der Waals surface area contributed by atoms with Gasteiger partial charge in [0, 0.05) is 11.6 Å². The Morgan fingerprint density at radius 3 is 2.42 bits per heavy atom. The molecule has 0 spiro atoms. The van der Waals surface area contributed by atoms with Gasteiger partial charge in [0.25, 0.3) is 0 Å². The molecule has 124 valence electrons. The van der Waals surface area contributed by atoms with E-state index in [1.54, 1.807) is 25.3 Å². The fraction of sp³-hybridized carbons (Fsp3) is 0.263. The minimum absolute atomic E-state index is 0.217. The Hall–Kier alpha value is -3.00. The normalized spacial score (nSPS) is 12.6. The zero-order chi connectivity index (χ0) is 17.5. The molecule has 0 radical (unpaired) electrons. The lowest BCUT2D eigenvalue weighted by atomic mass is 9.99. The Morgan fingerprint density at radius 1 is 1.12 bits per heavy atom. The number of hydrogen-bond donors (Lipinski definition) is 1. The number of nitrogens with zero attached hydrogens (tertiary/aromatic N) is 1. The van der Waals surface area contributed by atoms with E-state index in [0.29, 0.717) is 17.1 Å². The highest BCUT2D eigenvalue weighted by atomic mass is 16.5. The van der Waals surface area contributed by atoms with Gasteiger partial charge >= 0.3 is 0 Å². The molecule has 2 aromatic carbocycles. The van der Waals surface area contributed by atoms with Crippen molar-refractivity contribution in [1.29, 1.82) is 5.26 Å². The maximum Gasteiger partial charge on any atom is 0.228 e. The van der Waals surface area contributed by atoms with Crippen LogP contribution in [0.2, 0.25) is 0 Å². The van der Waals surface area contributed by atoms with Gasteiger partial charge in [0.2, 0.25) is 5.91 Å². The Labute approximate surface area is 141 Å². The Balaban J connectivity index is 2.21. The maximum atomic E-state index is 12.5. The van der Waals surface area contributed by atoms with Crippen molar-refractivity contribution in [3.63, 3.8) is 0 Å². The summed E-state index contributed by atoms with van der Waals surface area (Å²) in [6.07, 6.45) is 0. The molecular weight excluding hydrogens is 304 g/mol. The van der Waals surface area contributed by atoms with Crippen molar-refractivity contribution in [3.8, 4) is 17.6 Å². The van der Waals surface area contributed by atoms with E-state index in [0.717, 1.165) is 5.56 Å². The van der Waals surface area contributed by atoms with Gasteiger partial charge in [-0.25, -0.2) is 0 Å². The monoisotopic (exact) mass is 324 g/mol. The van der Waals surface area contributed by atoms with Crippen LogP contribution in [0.3, 0.4) is 0 Å². The standard InChI is InChI=1S/C19H20N2O3/c1-13(14-7-5-4-6-8-14)19(22)21-17(12-20)16-10-9-15(23-2)11-18(16)24-3/h4-11,13,17H,1-3H3,(H,21,22)/t13-,17-/m0/s1. The molecule has 0 saturated carbocycles. The summed E-state index contributed by atoms with van der Waals surface area (Å²) in [6, 6.07) is 15.9. The van der Waals surface area contributed by atoms with Crippen molar-refractivity contribution in [2.24, 2.45) is 0 Å². The number of nitriles is 1. The molecule has 0 aliphatic carbocycles. The molecule has 0 unspecified atom stereocenters. The van der Waals surface area contributed by atoms with Crippen LogP contribution in [0.25, 0.3) is 0 Å². The van der Waals surface area contributed by atoms with Gasteiger partial charge in [-0.3, -0.25) is 4.79 Å². The first kappa shape index (κ1) is 17.4. The van der Waals surface area contributed by atoms with Gasteiger partial charge in [-0.1, -0.05) is 30.3 Å². The Morgan fingerprint density at radius 2 is 1.83 bits per heavy atom. The Kier molecular flexibility index (Phi) is 5.80. The summed E-state index contributed by atoms with van der Waals surface area (Å²) in [5, 5.41) is 12.2. The van der Waals surface area contributed by atoms with Crippen LogP contribution >= 0.6 is 0 Å². The van der Waals surface area contributed by atoms with Crippen LogP contribution < -0.4 is 14.8 Å². The molecule has 0 heterocycles. The molecule has 1 N–H and O–H groups in total. The molecular formula is C19H20N2O3. The molecule has 5 nitrogen and oxygen atoms in total. The number of nitrogens with one attached hydrogen (secondary N) is 1. The van der Waals surface area contributed by atoms with Crippen molar-refractivity contribution in [1.82, 2.24) is 5.32 Å². The zero-order valence-electron chi connectivity index (χ0n) is 13.9. The molecule has 0 aromatic heterocycles. The summed E-state index contributed by atoms with van der Waals surface area (Å²) in [5.74, 6) is 0.543. The van der Waals surface area contributed by atoms with Crippen LogP contribution in [-0.2, 0) is 4.79 Å². The molecule has 2 aromatic rings. The van der Waals surface area contributed by atoms with Crippen molar-refractivity contribution >= 4 is 5.91 Å². The topological polar surface area (TPSA) is 71.3 Å². The van der Waals surface area contributed by atoms with Gasteiger partial charge < -0.3 is 14.8 Å². The second kappa shape index (κ2) is 8.02. The van der Waals surface area contributed by atoms with E-state index in [4.69, 9.17) is 9.47 Å². The van der Waals surface area contributed by atoms with E-state index in [1.165, 1.54) is 7.11 Å². The lowest BCUT2D eigenvalue weighted by Crippen LogP contribution is -2.31. The van der Waals surface area contributed by atoms with Crippen LogP contribution in [0, 0.1) is 11.3 Å². The second-order valence-electron chi connectivity index (χ2n) is 5.31. The molecule has 0 saturated heterocycles. The van der Waals surface area contributed by atoms with E-state index in [9.17, 15) is 10.1 Å². The third kappa shape index (κ3) is 3.85. The lowest BCUT2D eigenvalue weighted by Gasteiger charge is -2.18. The number of carbonyl (C=O) groups is 1. The average molecular weight is 324 g/mol. The van der Waals surface area contributed by atoms with Crippen molar-refractivity contribution in [2.45, 2.75) is 18.9 Å². The largest absolute Gasteiger partial charge is 0.497 e. The predicted octanol–water partition coefficient (Wildman–Crippen LogP) is 3.19. The first-order valence-electron chi connectivity index (χ1n) is 7.57. The highest BCUT2D eigenvalue weighted by Gasteiger charge is 2.22. The minimum Gasteiger partial charge on any atom is -0.497 e. The Bertz CT molecular complexity index is 738. The van der Waals surface area contributed by atoms with Crippen LogP contribution in [0.15, 0.2) is 48.5 Å². The smallest absolute Gasteiger partial charge is 0.228 e. The van der Waals surface area contributed by atoms with Crippen LogP contribution in [0.4, 0.5) is 0 Å². The molecule has 2 rings (SSSR count). The number of carbonyl (C=O) groups excluding carboxylic acids is 1. The lowest BCUT2D eigenvalue weighted by molar-refractivity contribution is -0.122. The summed E-state index contributed by atoms with van der Waals surface area (Å²) in [7, 11) is 3.07. The highest BCUT2D eigenvalue weighted by Crippen LogP contribution is 2.29. The first-order chi connectivity index (χ1) is 11.6. The van der Waals surface area contributed by atoms with E-state index in [2.05, 4.69) is 11.4 Å². The van der Waals surface area contributed by atoms with Crippen LogP contribution in [-0.4, -0.2) is 20.1 Å².